The second-order valence-electron chi connectivity index (χ2n) is 9.60. The molecule has 0 aliphatic carbocycles. The van der Waals surface area contributed by atoms with Crippen molar-refractivity contribution in [2.75, 3.05) is 11.5 Å². The van der Waals surface area contributed by atoms with Gasteiger partial charge < -0.3 is 9.84 Å². The fraction of sp³-hybridized carbons (Fsp3) is 0.267. The van der Waals surface area contributed by atoms with Crippen molar-refractivity contribution in [3.8, 4) is 5.75 Å². The van der Waals surface area contributed by atoms with Crippen molar-refractivity contribution in [1.29, 1.82) is 0 Å². The summed E-state index contributed by atoms with van der Waals surface area (Å²) in [7, 11) is 0. The summed E-state index contributed by atoms with van der Waals surface area (Å²) in [5.41, 5.74) is 5.17. The van der Waals surface area contributed by atoms with E-state index in [0.29, 0.717) is 23.8 Å². The number of carbonyl (C=O) groups excluding carboxylic acids is 2. The van der Waals surface area contributed by atoms with Crippen LogP contribution in [0.5, 0.6) is 5.75 Å². The van der Waals surface area contributed by atoms with E-state index in [2.05, 4.69) is 13.8 Å². The quantitative estimate of drug-likeness (QED) is 0.287. The minimum Gasteiger partial charge on any atom is -0.507 e. The minimum absolute atomic E-state index is 0.102. The van der Waals surface area contributed by atoms with Crippen LogP contribution in [0, 0.1) is 6.92 Å². The Bertz CT molecular complexity index is 1340. The number of ketones is 1. The van der Waals surface area contributed by atoms with Crippen LogP contribution in [-0.4, -0.2) is 23.4 Å². The average molecular weight is 468 g/mol. The highest BCUT2D eigenvalue weighted by molar-refractivity contribution is 6.51. The molecule has 0 radical (unpaired) electrons. The smallest absolute Gasteiger partial charge is 0.300 e. The molecule has 0 saturated carbocycles. The molecule has 1 atom stereocenters. The van der Waals surface area contributed by atoms with Crippen LogP contribution in [-0.2, 0) is 16.0 Å². The van der Waals surface area contributed by atoms with Crippen molar-refractivity contribution < 1.29 is 19.4 Å². The zero-order chi connectivity index (χ0) is 24.7. The lowest BCUT2D eigenvalue weighted by atomic mass is 9.93. The Labute approximate surface area is 205 Å². The number of benzene rings is 3. The first-order chi connectivity index (χ1) is 16.8. The molecule has 1 unspecified atom stereocenters. The van der Waals surface area contributed by atoms with Crippen molar-refractivity contribution in [1.82, 2.24) is 0 Å². The van der Waals surface area contributed by atoms with Crippen LogP contribution in [0.2, 0.25) is 0 Å². The van der Waals surface area contributed by atoms with Gasteiger partial charge >= 0.3 is 0 Å². The third kappa shape index (κ3) is 4.12. The molecule has 5 heteroatoms. The number of amides is 1. The zero-order valence-electron chi connectivity index (χ0n) is 20.2. The topological polar surface area (TPSA) is 66.8 Å². The van der Waals surface area contributed by atoms with Crippen molar-refractivity contribution in [3.63, 3.8) is 0 Å². The number of aliphatic hydroxyl groups excluding tert-OH is 1. The molecule has 0 bridgehead atoms. The van der Waals surface area contributed by atoms with Gasteiger partial charge in [0.05, 0.1) is 18.2 Å². The molecule has 1 amide bonds. The number of hydrogen-bond donors (Lipinski definition) is 1. The molecule has 1 saturated heterocycles. The second-order valence-corrected chi connectivity index (χ2v) is 9.60. The summed E-state index contributed by atoms with van der Waals surface area (Å²) in [5.74, 6) is -0.342. The molecule has 35 heavy (non-hydrogen) atoms. The van der Waals surface area contributed by atoms with Crippen LogP contribution >= 0.6 is 0 Å². The first-order valence-corrected chi connectivity index (χ1v) is 12.1. The maximum Gasteiger partial charge on any atom is 0.300 e. The van der Waals surface area contributed by atoms with Gasteiger partial charge in [0.15, 0.2) is 0 Å². The van der Waals surface area contributed by atoms with Gasteiger partial charge in [-0.2, -0.15) is 0 Å². The lowest BCUT2D eigenvalue weighted by molar-refractivity contribution is -0.132. The lowest BCUT2D eigenvalue weighted by Gasteiger charge is -2.26. The van der Waals surface area contributed by atoms with Crippen LogP contribution in [0.1, 0.15) is 60.0 Å². The van der Waals surface area contributed by atoms with Gasteiger partial charge in [-0.1, -0.05) is 55.8 Å². The fourth-order valence-electron chi connectivity index (χ4n) is 4.94. The zero-order valence-corrected chi connectivity index (χ0v) is 20.2. The summed E-state index contributed by atoms with van der Waals surface area (Å²) in [6.45, 7) is 6.86. The summed E-state index contributed by atoms with van der Waals surface area (Å²) < 4.78 is 5.70. The van der Waals surface area contributed by atoms with Gasteiger partial charge in [0, 0.05) is 11.3 Å². The predicted octanol–water partition coefficient (Wildman–Crippen LogP) is 6.07. The van der Waals surface area contributed by atoms with E-state index in [1.54, 1.807) is 6.07 Å². The van der Waals surface area contributed by atoms with Gasteiger partial charge in [-0.3, -0.25) is 14.5 Å². The summed E-state index contributed by atoms with van der Waals surface area (Å²) in [6, 6.07) is 20.1. The maximum atomic E-state index is 13.4. The summed E-state index contributed by atoms with van der Waals surface area (Å²) >= 11 is 0. The number of hydrogen-bond acceptors (Lipinski definition) is 4. The van der Waals surface area contributed by atoms with E-state index in [-0.39, 0.29) is 11.3 Å². The Morgan fingerprint density at radius 3 is 2.51 bits per heavy atom. The largest absolute Gasteiger partial charge is 0.507 e. The van der Waals surface area contributed by atoms with E-state index >= 15 is 0 Å². The molecular formula is C30H29NO4. The van der Waals surface area contributed by atoms with Crippen molar-refractivity contribution in [2.24, 2.45) is 0 Å². The first kappa shape index (κ1) is 22.9. The normalized spacial score (nSPS) is 19.1. The monoisotopic (exact) mass is 467 g/mol. The van der Waals surface area contributed by atoms with Gasteiger partial charge in [-0.25, -0.2) is 0 Å². The van der Waals surface area contributed by atoms with E-state index in [1.807, 2.05) is 67.6 Å². The van der Waals surface area contributed by atoms with E-state index in [9.17, 15) is 14.7 Å². The third-order valence-corrected chi connectivity index (χ3v) is 6.82. The Kier molecular flexibility index (Phi) is 5.93. The van der Waals surface area contributed by atoms with E-state index in [0.717, 1.165) is 40.8 Å². The number of nitrogens with zero attached hydrogens (tertiary/aromatic N) is 1. The van der Waals surface area contributed by atoms with Gasteiger partial charge in [-0.15, -0.1) is 0 Å². The number of ether oxygens (including phenoxy) is 1. The molecule has 2 aliphatic rings. The number of Topliss-reactive ketones (excluding diaryl/α,β-unsaturated/α-hetero) is 1. The van der Waals surface area contributed by atoms with E-state index in [4.69, 9.17) is 4.74 Å². The van der Waals surface area contributed by atoms with Crippen LogP contribution < -0.4 is 9.64 Å². The molecule has 5 nitrogen and oxygen atoms in total. The van der Waals surface area contributed by atoms with Crippen LogP contribution in [0.3, 0.4) is 0 Å². The van der Waals surface area contributed by atoms with Gasteiger partial charge in [-0.05, 0) is 72.7 Å². The molecule has 3 aromatic rings. The Hall–Kier alpha value is -3.86. The summed E-state index contributed by atoms with van der Waals surface area (Å²) in [6.07, 6.45) is 1.74. The van der Waals surface area contributed by atoms with Crippen molar-refractivity contribution in [3.05, 3.63) is 100 Å². The number of anilines is 1. The lowest BCUT2D eigenvalue weighted by Crippen LogP contribution is -2.29. The summed E-state index contributed by atoms with van der Waals surface area (Å²) in [4.78, 5) is 28.3. The average Bonchev–Trinajstić information content (AvgIpc) is 3.13. The standard InChI is InChI=1S/C30H29NO4/c1-18(2)20-9-12-24(13-10-20)31-27(22-7-4-6-19(3)16-22)26(29(33)30(31)34)28(32)23-11-14-25-21(17-23)8-5-15-35-25/h4,6-7,9-14,16-18,27,32H,5,8,15H2,1-3H3/b28-26-. The summed E-state index contributed by atoms with van der Waals surface area (Å²) in [5, 5.41) is 11.4. The molecule has 1 N–H and O–H groups in total. The number of fused-ring (bicyclic) bond motifs is 1. The minimum atomic E-state index is -0.730. The number of aliphatic hydroxyl groups is 1. The molecular weight excluding hydrogens is 438 g/mol. The van der Waals surface area contributed by atoms with Crippen molar-refractivity contribution >= 4 is 23.1 Å². The third-order valence-electron chi connectivity index (χ3n) is 6.82. The Morgan fingerprint density at radius 1 is 1.03 bits per heavy atom. The SMILES string of the molecule is Cc1cccc(C2/C(=C(/O)c3ccc4c(c3)CCCO4)C(=O)C(=O)N2c2ccc(C(C)C)cc2)c1. The highest BCUT2D eigenvalue weighted by atomic mass is 16.5. The van der Waals surface area contributed by atoms with Crippen LogP contribution in [0.15, 0.2) is 72.3 Å². The molecule has 1 fully saturated rings. The Balaban J connectivity index is 1.67. The molecule has 3 aromatic carbocycles. The molecule has 2 heterocycles. The van der Waals surface area contributed by atoms with Crippen LogP contribution in [0.4, 0.5) is 5.69 Å². The first-order valence-electron chi connectivity index (χ1n) is 12.1. The van der Waals surface area contributed by atoms with Gasteiger partial charge in [0.25, 0.3) is 11.7 Å². The molecule has 0 aromatic heterocycles. The highest BCUT2D eigenvalue weighted by Crippen LogP contribution is 2.43. The molecule has 0 spiro atoms. The molecule has 2 aliphatic heterocycles. The Morgan fingerprint density at radius 2 is 1.80 bits per heavy atom. The second kappa shape index (κ2) is 9.06. The van der Waals surface area contributed by atoms with Crippen LogP contribution in [0.25, 0.3) is 5.76 Å². The van der Waals surface area contributed by atoms with Gasteiger partial charge in [0.2, 0.25) is 0 Å². The predicted molar refractivity (Wildman–Crippen MR) is 137 cm³/mol. The highest BCUT2D eigenvalue weighted by Gasteiger charge is 2.47. The number of rotatable bonds is 4. The molecule has 5 rings (SSSR count). The van der Waals surface area contributed by atoms with E-state index in [1.165, 1.54) is 4.90 Å². The molecule has 178 valence electrons. The number of aryl methyl sites for hydroxylation is 2. The van der Waals surface area contributed by atoms with Gasteiger partial charge in [0.1, 0.15) is 11.5 Å². The maximum absolute atomic E-state index is 13.4. The van der Waals surface area contributed by atoms with E-state index < -0.39 is 17.7 Å². The number of carbonyl (C=O) groups is 2. The van der Waals surface area contributed by atoms with Crippen molar-refractivity contribution in [2.45, 2.75) is 45.6 Å². The fourth-order valence-corrected chi connectivity index (χ4v) is 4.94.